The van der Waals surface area contributed by atoms with Crippen molar-refractivity contribution in [2.45, 2.75) is 19.6 Å². The number of hydrogen-bond donors (Lipinski definition) is 0. The molecule has 0 amide bonds. The molecule has 0 bridgehead atoms. The smallest absolute Gasteiger partial charge is 0.206 e. The molecular weight excluding hydrogens is 961 g/mol. The molecule has 12 aromatic rings. The highest BCUT2D eigenvalue weighted by atomic mass is 32.2. The molecule has 0 saturated heterocycles. The molecule has 12 rings (SSSR count). The average molecular weight is 1000 g/mol. The Labute approximate surface area is 427 Å². The molecule has 0 spiro atoms. The van der Waals surface area contributed by atoms with Gasteiger partial charge in [-0.25, -0.2) is 16.8 Å². The van der Waals surface area contributed by atoms with Crippen molar-refractivity contribution in [1.29, 1.82) is 0 Å². The lowest BCUT2D eigenvalue weighted by Crippen LogP contribution is -2.01. The number of sulfone groups is 2. The van der Waals surface area contributed by atoms with Crippen molar-refractivity contribution < 1.29 is 35.8 Å². The largest absolute Gasteiger partial charge is 0.457 e. The van der Waals surface area contributed by atoms with E-state index >= 15 is 0 Å². The van der Waals surface area contributed by atoms with Crippen LogP contribution in [0.15, 0.2) is 274 Å². The molecule has 8 nitrogen and oxygen atoms in total. The van der Waals surface area contributed by atoms with Crippen LogP contribution in [0.1, 0.15) is 0 Å². The molecule has 0 heterocycles. The average Bonchev–Trinajstić information content (AvgIpc) is 3.43. The van der Waals surface area contributed by atoms with Crippen molar-refractivity contribution >= 4 is 62.8 Å². The molecular formula is C64H42O8S2. The highest BCUT2D eigenvalue weighted by Crippen LogP contribution is 2.35. The molecule has 10 heteroatoms. The van der Waals surface area contributed by atoms with Gasteiger partial charge < -0.3 is 18.9 Å². The summed E-state index contributed by atoms with van der Waals surface area (Å²) in [6, 6.07) is 77.5. The fraction of sp³-hybridized carbons (Fsp3) is 0. The van der Waals surface area contributed by atoms with Gasteiger partial charge in [-0.2, -0.15) is 0 Å². The molecule has 12 aromatic carbocycles. The van der Waals surface area contributed by atoms with E-state index in [2.05, 4.69) is 48.5 Å². The Balaban J connectivity index is 0.634. The van der Waals surface area contributed by atoms with Gasteiger partial charge in [0.05, 0.1) is 19.6 Å². The minimum Gasteiger partial charge on any atom is -0.457 e. The summed E-state index contributed by atoms with van der Waals surface area (Å²) < 4.78 is 78.7. The summed E-state index contributed by atoms with van der Waals surface area (Å²) in [5, 5.41) is 8.97. The van der Waals surface area contributed by atoms with Crippen LogP contribution in [0.5, 0.6) is 46.0 Å². The zero-order valence-corrected chi connectivity index (χ0v) is 41.0. The Morgan fingerprint density at radius 2 is 0.419 bits per heavy atom. The minimum atomic E-state index is -3.80. The fourth-order valence-corrected chi connectivity index (χ4v) is 11.5. The van der Waals surface area contributed by atoms with Gasteiger partial charge in [0.2, 0.25) is 19.7 Å². The number of rotatable bonds is 13. The van der Waals surface area contributed by atoms with E-state index in [1.807, 2.05) is 109 Å². The summed E-state index contributed by atoms with van der Waals surface area (Å²) in [7, 11) is -7.61. The van der Waals surface area contributed by atoms with Crippen molar-refractivity contribution in [3.63, 3.8) is 0 Å². The second kappa shape index (κ2) is 19.1. The molecule has 0 aliphatic carbocycles. The topological polar surface area (TPSA) is 105 Å². The zero-order chi connectivity index (χ0) is 50.2. The van der Waals surface area contributed by atoms with Crippen molar-refractivity contribution in [2.24, 2.45) is 0 Å². The van der Waals surface area contributed by atoms with E-state index < -0.39 is 19.7 Å². The minimum absolute atomic E-state index is 0.143. The first-order valence-electron chi connectivity index (χ1n) is 23.7. The van der Waals surface area contributed by atoms with Gasteiger partial charge in [-0.05, 0) is 224 Å². The van der Waals surface area contributed by atoms with Crippen LogP contribution >= 0.6 is 0 Å². The predicted molar refractivity (Wildman–Crippen MR) is 292 cm³/mol. The molecule has 0 radical (unpaired) electrons. The summed E-state index contributed by atoms with van der Waals surface area (Å²) in [6.07, 6.45) is 0. The molecule has 0 aliphatic heterocycles. The van der Waals surface area contributed by atoms with Crippen LogP contribution in [0.3, 0.4) is 0 Å². The van der Waals surface area contributed by atoms with Crippen molar-refractivity contribution in [3.05, 3.63) is 255 Å². The van der Waals surface area contributed by atoms with Gasteiger partial charge in [0.15, 0.2) is 0 Å². The molecule has 0 saturated carbocycles. The molecule has 358 valence electrons. The number of hydrogen-bond acceptors (Lipinski definition) is 8. The normalized spacial score (nSPS) is 11.7. The van der Waals surface area contributed by atoms with Crippen LogP contribution in [0.25, 0.3) is 54.2 Å². The first-order valence-corrected chi connectivity index (χ1v) is 26.7. The number of fused-ring (bicyclic) bond motifs is 4. The van der Waals surface area contributed by atoms with Gasteiger partial charge in [0.25, 0.3) is 0 Å². The maximum absolute atomic E-state index is 13.6. The van der Waals surface area contributed by atoms with E-state index in [4.69, 9.17) is 18.9 Å². The van der Waals surface area contributed by atoms with E-state index in [1.54, 1.807) is 72.8 Å². The second-order valence-electron chi connectivity index (χ2n) is 17.8. The lowest BCUT2D eigenvalue weighted by Gasteiger charge is -2.11. The van der Waals surface area contributed by atoms with Crippen molar-refractivity contribution in [2.75, 3.05) is 0 Å². The number of ether oxygens (including phenoxy) is 4. The Morgan fingerprint density at radius 1 is 0.203 bits per heavy atom. The van der Waals surface area contributed by atoms with E-state index in [0.717, 1.165) is 43.4 Å². The third kappa shape index (κ3) is 9.50. The highest BCUT2D eigenvalue weighted by molar-refractivity contribution is 7.91. The molecule has 0 N–H and O–H groups in total. The van der Waals surface area contributed by atoms with Crippen LogP contribution in [0.4, 0.5) is 0 Å². The first kappa shape index (κ1) is 45.9. The van der Waals surface area contributed by atoms with Gasteiger partial charge in [-0.3, -0.25) is 0 Å². The van der Waals surface area contributed by atoms with Crippen LogP contribution in [-0.4, -0.2) is 16.8 Å². The standard InChI is InChI=1S/C64H42O8S2/c65-73(66,63-33-25-57(26-34-63)71-59-19-13-49-37-45-5-1-3-7-47(45)39-51(49)41-59)61-29-21-55(22-30-61)69-53-15-9-43(10-16-53)44-11-17-54(18-12-44)70-56-23-31-62(32-24-56)74(67,68)64-35-27-58(28-36-64)72-60-20-14-50-38-46-6-2-4-8-48(46)40-52(50)42-60/h1-42H. The molecule has 0 aromatic heterocycles. The maximum Gasteiger partial charge on any atom is 0.206 e. The van der Waals surface area contributed by atoms with Crippen LogP contribution < -0.4 is 18.9 Å². The highest BCUT2D eigenvalue weighted by Gasteiger charge is 2.20. The second-order valence-corrected chi connectivity index (χ2v) is 21.7. The van der Waals surface area contributed by atoms with Gasteiger partial charge >= 0.3 is 0 Å². The Bertz CT molecular complexity index is 3990. The summed E-state index contributed by atoms with van der Waals surface area (Å²) in [5.41, 5.74) is 1.90. The summed E-state index contributed by atoms with van der Waals surface area (Å²) in [5.74, 6) is 4.52. The lowest BCUT2D eigenvalue weighted by atomic mass is 10.0. The third-order valence-electron chi connectivity index (χ3n) is 12.9. The van der Waals surface area contributed by atoms with Gasteiger partial charge in [0, 0.05) is 0 Å². The molecule has 74 heavy (non-hydrogen) atoms. The van der Waals surface area contributed by atoms with Gasteiger partial charge in [0.1, 0.15) is 46.0 Å². The monoisotopic (exact) mass is 1000 g/mol. The van der Waals surface area contributed by atoms with Gasteiger partial charge in [-0.1, -0.05) is 84.9 Å². The molecule has 0 fully saturated rings. The van der Waals surface area contributed by atoms with E-state index in [9.17, 15) is 16.8 Å². The van der Waals surface area contributed by atoms with Crippen LogP contribution in [0.2, 0.25) is 0 Å². The summed E-state index contributed by atoms with van der Waals surface area (Å²) in [4.78, 5) is 0.589. The Kier molecular flexibility index (Phi) is 11.8. The SMILES string of the molecule is O=S(=O)(c1ccc(Oc2ccc(-c3ccc(Oc4ccc(S(=O)(=O)c5ccc(Oc6ccc7cc8ccccc8cc7c6)cc5)cc4)cc3)cc2)cc1)c1ccc(Oc2ccc3cc4ccccc4cc3c2)cc1. The third-order valence-corrected chi connectivity index (χ3v) is 16.4. The van der Waals surface area contributed by atoms with Gasteiger partial charge in [-0.15, -0.1) is 0 Å². The zero-order valence-electron chi connectivity index (χ0n) is 39.3. The van der Waals surface area contributed by atoms with E-state index in [1.165, 1.54) is 35.0 Å². The Morgan fingerprint density at radius 3 is 0.703 bits per heavy atom. The van der Waals surface area contributed by atoms with Crippen LogP contribution in [-0.2, 0) is 19.7 Å². The Hall–Kier alpha value is -9.22. The number of benzene rings is 12. The van der Waals surface area contributed by atoms with Crippen molar-refractivity contribution in [1.82, 2.24) is 0 Å². The first-order chi connectivity index (χ1) is 36.1. The molecule has 0 aliphatic rings. The predicted octanol–water partition coefficient (Wildman–Crippen LogP) is 16.8. The fourth-order valence-electron chi connectivity index (χ4n) is 8.96. The van der Waals surface area contributed by atoms with Crippen molar-refractivity contribution in [3.8, 4) is 57.1 Å². The maximum atomic E-state index is 13.6. The van der Waals surface area contributed by atoms with E-state index in [0.29, 0.717) is 46.0 Å². The lowest BCUT2D eigenvalue weighted by molar-refractivity contribution is 0.481. The molecule has 0 atom stereocenters. The van der Waals surface area contributed by atoms with Crippen LogP contribution in [0, 0.1) is 0 Å². The molecule has 0 unspecified atom stereocenters. The summed E-state index contributed by atoms with van der Waals surface area (Å²) >= 11 is 0. The van der Waals surface area contributed by atoms with E-state index in [-0.39, 0.29) is 19.6 Å². The quantitative estimate of drug-likeness (QED) is 0.105. The summed E-state index contributed by atoms with van der Waals surface area (Å²) in [6.45, 7) is 0.